The van der Waals surface area contributed by atoms with E-state index < -0.39 is 0 Å². The summed E-state index contributed by atoms with van der Waals surface area (Å²) in [5.41, 5.74) is 1.92. The van der Waals surface area contributed by atoms with Crippen molar-refractivity contribution >= 4 is 28.3 Å². The molecule has 0 bridgehead atoms. The molecule has 3 rings (SSSR count). The van der Waals surface area contributed by atoms with Gasteiger partial charge in [0.25, 0.3) is 0 Å². The average molecular weight is 425 g/mol. The van der Waals surface area contributed by atoms with E-state index in [4.69, 9.17) is 4.74 Å². The third-order valence-corrected chi connectivity index (χ3v) is 4.01. The second kappa shape index (κ2) is 9.73. The SMILES string of the molecule is CC(C)(C)C.COc1ccc2c(C(=O)c3ccc(N(C)C)nc3)nn(CC(C)=O)c2c1. The molecule has 2 aromatic heterocycles. The van der Waals surface area contributed by atoms with Crippen molar-refractivity contribution in [1.29, 1.82) is 0 Å². The van der Waals surface area contributed by atoms with Gasteiger partial charge in [0.15, 0.2) is 5.78 Å². The molecular formula is C24H32N4O3. The van der Waals surface area contributed by atoms with Crippen molar-refractivity contribution in [2.75, 3.05) is 26.1 Å². The summed E-state index contributed by atoms with van der Waals surface area (Å²) in [6.07, 6.45) is 1.54. The smallest absolute Gasteiger partial charge is 0.215 e. The molecule has 0 fully saturated rings. The molecule has 0 aliphatic carbocycles. The molecule has 31 heavy (non-hydrogen) atoms. The largest absolute Gasteiger partial charge is 0.497 e. The number of Topliss-reactive ketones (excluding diaryl/α,β-unsaturated/α-hetero) is 1. The number of carbonyl (C=O) groups excluding carboxylic acids is 2. The van der Waals surface area contributed by atoms with Crippen LogP contribution in [-0.2, 0) is 11.3 Å². The number of hydrogen-bond donors (Lipinski definition) is 0. The number of ketones is 2. The molecule has 0 saturated heterocycles. The standard InChI is InChI=1S/C19H20N4O3.C5H12/c1-12(24)11-23-16-9-14(26-4)6-7-15(16)18(21-23)19(25)13-5-8-17(20-10-13)22(2)3;1-5(2,3)4/h5-10H,11H2,1-4H3;1-4H3. The van der Waals surface area contributed by atoms with Crippen LogP contribution >= 0.6 is 0 Å². The minimum absolute atomic E-state index is 0.0479. The maximum atomic E-state index is 12.9. The van der Waals surface area contributed by atoms with Crippen molar-refractivity contribution in [3.8, 4) is 5.75 Å². The fourth-order valence-corrected chi connectivity index (χ4v) is 2.70. The van der Waals surface area contributed by atoms with Gasteiger partial charge in [-0.3, -0.25) is 14.3 Å². The molecule has 0 atom stereocenters. The molecule has 0 radical (unpaired) electrons. The van der Waals surface area contributed by atoms with Gasteiger partial charge in [-0.2, -0.15) is 5.10 Å². The molecule has 2 heterocycles. The monoisotopic (exact) mass is 424 g/mol. The van der Waals surface area contributed by atoms with E-state index in [2.05, 4.69) is 37.8 Å². The normalized spacial score (nSPS) is 11.0. The molecule has 3 aromatic rings. The van der Waals surface area contributed by atoms with E-state index >= 15 is 0 Å². The van der Waals surface area contributed by atoms with Gasteiger partial charge in [-0.1, -0.05) is 27.7 Å². The van der Waals surface area contributed by atoms with Crippen LogP contribution in [0.25, 0.3) is 10.9 Å². The minimum Gasteiger partial charge on any atom is -0.497 e. The highest BCUT2D eigenvalue weighted by atomic mass is 16.5. The molecule has 0 amide bonds. The van der Waals surface area contributed by atoms with Crippen LogP contribution < -0.4 is 9.64 Å². The predicted molar refractivity (Wildman–Crippen MR) is 124 cm³/mol. The van der Waals surface area contributed by atoms with Crippen LogP contribution in [0, 0.1) is 5.41 Å². The summed E-state index contributed by atoms with van der Waals surface area (Å²) in [7, 11) is 5.33. The van der Waals surface area contributed by atoms with Gasteiger partial charge in [0.2, 0.25) is 5.78 Å². The van der Waals surface area contributed by atoms with Gasteiger partial charge in [0, 0.05) is 37.3 Å². The van der Waals surface area contributed by atoms with Crippen LogP contribution in [0.3, 0.4) is 0 Å². The second-order valence-electron chi connectivity index (χ2n) is 9.22. The first kappa shape index (κ1) is 24.1. The van der Waals surface area contributed by atoms with Crippen LogP contribution in [0.2, 0.25) is 0 Å². The van der Waals surface area contributed by atoms with Crippen LogP contribution in [-0.4, -0.2) is 47.5 Å². The molecule has 1 aromatic carbocycles. The number of anilines is 1. The van der Waals surface area contributed by atoms with Crippen molar-refractivity contribution in [2.24, 2.45) is 5.41 Å². The molecule has 0 aliphatic heterocycles. The summed E-state index contributed by atoms with van der Waals surface area (Å²) in [4.78, 5) is 30.7. The Morgan fingerprint density at radius 3 is 2.23 bits per heavy atom. The van der Waals surface area contributed by atoms with E-state index in [1.165, 1.54) is 17.8 Å². The Bertz CT molecular complexity index is 1050. The fourth-order valence-electron chi connectivity index (χ4n) is 2.70. The number of aromatic nitrogens is 3. The lowest BCUT2D eigenvalue weighted by Crippen LogP contribution is -2.12. The Morgan fingerprint density at radius 2 is 1.74 bits per heavy atom. The first-order valence-corrected chi connectivity index (χ1v) is 10.1. The summed E-state index contributed by atoms with van der Waals surface area (Å²) in [6, 6.07) is 8.84. The zero-order valence-electron chi connectivity index (χ0n) is 19.7. The van der Waals surface area contributed by atoms with Crippen LogP contribution in [0.1, 0.15) is 50.7 Å². The fraction of sp³-hybridized carbons (Fsp3) is 0.417. The van der Waals surface area contributed by atoms with E-state index in [0.717, 1.165) is 5.82 Å². The molecule has 0 spiro atoms. The lowest BCUT2D eigenvalue weighted by Gasteiger charge is -2.10. The van der Waals surface area contributed by atoms with Gasteiger partial charge in [0.1, 0.15) is 17.3 Å². The van der Waals surface area contributed by atoms with Gasteiger partial charge in [-0.05, 0) is 36.6 Å². The van der Waals surface area contributed by atoms with E-state index in [9.17, 15) is 9.59 Å². The molecule has 0 saturated carbocycles. The maximum absolute atomic E-state index is 12.9. The quantitative estimate of drug-likeness (QED) is 0.547. The van der Waals surface area contributed by atoms with Gasteiger partial charge in [-0.25, -0.2) is 4.98 Å². The van der Waals surface area contributed by atoms with E-state index in [1.807, 2.05) is 19.0 Å². The van der Waals surface area contributed by atoms with Gasteiger partial charge in [0.05, 0.1) is 19.2 Å². The lowest BCUT2D eigenvalue weighted by atomic mass is 10.0. The summed E-state index contributed by atoms with van der Waals surface area (Å²) >= 11 is 0. The van der Waals surface area contributed by atoms with Crippen LogP contribution in [0.15, 0.2) is 36.5 Å². The molecule has 0 aliphatic rings. The van der Waals surface area contributed by atoms with Crippen molar-refractivity contribution < 1.29 is 14.3 Å². The molecule has 0 N–H and O–H groups in total. The number of ether oxygens (including phenoxy) is 1. The van der Waals surface area contributed by atoms with Crippen molar-refractivity contribution in [1.82, 2.24) is 14.8 Å². The molecular weight excluding hydrogens is 392 g/mol. The Labute approximate surface area is 184 Å². The Kier molecular flexibility index (Phi) is 7.55. The summed E-state index contributed by atoms with van der Waals surface area (Å²) in [6.45, 7) is 10.3. The minimum atomic E-state index is -0.236. The van der Waals surface area contributed by atoms with E-state index in [-0.39, 0.29) is 18.1 Å². The topological polar surface area (TPSA) is 77.3 Å². The van der Waals surface area contributed by atoms with Gasteiger partial charge < -0.3 is 9.64 Å². The number of methoxy groups -OCH3 is 1. The van der Waals surface area contributed by atoms with Gasteiger partial charge >= 0.3 is 0 Å². The van der Waals surface area contributed by atoms with Crippen LogP contribution in [0.4, 0.5) is 5.82 Å². The van der Waals surface area contributed by atoms with Crippen molar-refractivity contribution in [3.63, 3.8) is 0 Å². The number of carbonyl (C=O) groups is 2. The highest BCUT2D eigenvalue weighted by Crippen LogP contribution is 2.26. The zero-order valence-corrected chi connectivity index (χ0v) is 19.7. The summed E-state index contributed by atoms with van der Waals surface area (Å²) in [5.74, 6) is 1.12. The highest BCUT2D eigenvalue weighted by molar-refractivity contribution is 6.15. The average Bonchev–Trinajstić information content (AvgIpc) is 3.03. The second-order valence-corrected chi connectivity index (χ2v) is 9.22. The lowest BCUT2D eigenvalue weighted by molar-refractivity contribution is -0.117. The number of nitrogens with zero attached hydrogens (tertiary/aromatic N) is 4. The first-order chi connectivity index (χ1) is 14.4. The van der Waals surface area contributed by atoms with Crippen molar-refractivity contribution in [3.05, 3.63) is 47.8 Å². The number of rotatable bonds is 6. The predicted octanol–water partition coefficient (Wildman–Crippen LogP) is 4.38. The highest BCUT2D eigenvalue weighted by Gasteiger charge is 2.20. The van der Waals surface area contributed by atoms with Crippen LogP contribution in [0.5, 0.6) is 5.75 Å². The molecule has 166 valence electrons. The number of hydrogen-bond acceptors (Lipinski definition) is 6. The number of pyridine rings is 1. The van der Waals surface area contributed by atoms with E-state index in [0.29, 0.717) is 33.3 Å². The number of benzene rings is 1. The number of fused-ring (bicyclic) bond motifs is 1. The molecule has 7 nitrogen and oxygen atoms in total. The maximum Gasteiger partial charge on any atom is 0.215 e. The third-order valence-electron chi connectivity index (χ3n) is 4.01. The Hall–Kier alpha value is -3.22. The first-order valence-electron chi connectivity index (χ1n) is 10.1. The third kappa shape index (κ3) is 6.64. The van der Waals surface area contributed by atoms with Crippen molar-refractivity contribution in [2.45, 2.75) is 41.2 Å². The zero-order chi connectivity index (χ0) is 23.3. The summed E-state index contributed by atoms with van der Waals surface area (Å²) < 4.78 is 6.78. The van der Waals surface area contributed by atoms with E-state index in [1.54, 1.807) is 37.4 Å². The Morgan fingerprint density at radius 1 is 1.10 bits per heavy atom. The molecule has 0 unspecified atom stereocenters. The summed E-state index contributed by atoms with van der Waals surface area (Å²) in [5, 5.41) is 5.07. The Balaban J connectivity index is 0.000000614. The van der Waals surface area contributed by atoms with Gasteiger partial charge in [-0.15, -0.1) is 0 Å². The molecule has 7 heteroatoms.